The molecule has 0 amide bonds. The van der Waals surface area contributed by atoms with Crippen LogP contribution >= 0.6 is 19.8 Å². The Morgan fingerprint density at radius 1 is 0.900 bits per heavy atom. The number of carboxylic acid groups (broad SMARTS) is 2. The molecule has 2 atom stereocenters. The summed E-state index contributed by atoms with van der Waals surface area (Å²) in [5, 5.41) is 14.8. The van der Waals surface area contributed by atoms with Crippen LogP contribution in [0.5, 0.6) is 0 Å². The topological polar surface area (TPSA) is 74.6 Å². The van der Waals surface area contributed by atoms with Crippen LogP contribution in [0.15, 0.2) is 0 Å². The molecule has 2 N–H and O–H groups in total. The molecule has 0 bridgehead atoms. The summed E-state index contributed by atoms with van der Waals surface area (Å²) in [6, 6.07) is 0. The van der Waals surface area contributed by atoms with Crippen LogP contribution in [0, 0.1) is 0 Å². The molecular formula is C4H14O4P2. The molecule has 0 aromatic carbocycles. The van der Waals surface area contributed by atoms with Gasteiger partial charge in [0.25, 0.3) is 11.9 Å². The van der Waals surface area contributed by atoms with E-state index in [2.05, 4.69) is 0 Å². The van der Waals surface area contributed by atoms with Gasteiger partial charge >= 0.3 is 0 Å². The lowest BCUT2D eigenvalue weighted by Crippen LogP contribution is -1.78. The van der Waals surface area contributed by atoms with Gasteiger partial charge in [-0.1, -0.05) is 0 Å². The maximum Gasteiger partial charge on any atom is 0.300 e. The Morgan fingerprint density at radius 2 is 0.900 bits per heavy atom. The number of hydrogen-bond donors (Lipinski definition) is 2. The van der Waals surface area contributed by atoms with Gasteiger partial charge < -0.3 is 10.2 Å². The summed E-state index contributed by atoms with van der Waals surface area (Å²) in [7, 11) is 0. The number of aliphatic carboxylic acids is 2. The summed E-state index contributed by atoms with van der Waals surface area (Å²) in [4.78, 5) is 18.0. The van der Waals surface area contributed by atoms with Crippen LogP contribution in [0.25, 0.3) is 0 Å². The van der Waals surface area contributed by atoms with E-state index >= 15 is 0 Å². The molecule has 0 aromatic heterocycles. The van der Waals surface area contributed by atoms with Crippen molar-refractivity contribution in [2.75, 3.05) is 0 Å². The van der Waals surface area contributed by atoms with Crippen LogP contribution < -0.4 is 0 Å². The second-order valence-electron chi connectivity index (χ2n) is 1.04. The van der Waals surface area contributed by atoms with Gasteiger partial charge in [-0.25, -0.2) is 0 Å². The normalized spacial score (nSPS) is 5.00. The predicted octanol–water partition coefficient (Wildman–Crippen LogP) is 0.298. The summed E-state index contributed by atoms with van der Waals surface area (Å²) in [6.07, 6.45) is 0. The Hall–Kier alpha value is -0.200. The lowest BCUT2D eigenvalue weighted by molar-refractivity contribution is -0.135. The lowest BCUT2D eigenvalue weighted by Gasteiger charge is -1.59. The van der Waals surface area contributed by atoms with E-state index in [9.17, 15) is 0 Å². The third kappa shape index (κ3) is 9020. The van der Waals surface area contributed by atoms with E-state index in [4.69, 9.17) is 19.8 Å². The van der Waals surface area contributed by atoms with E-state index < -0.39 is 11.9 Å². The first-order valence-corrected chi connectivity index (χ1v) is 1.86. The van der Waals surface area contributed by atoms with Crippen molar-refractivity contribution < 1.29 is 19.8 Å². The average molecular weight is 188 g/mol. The molecule has 0 aliphatic rings. The Labute approximate surface area is 66.3 Å². The van der Waals surface area contributed by atoms with Gasteiger partial charge in [-0.3, -0.25) is 9.59 Å². The van der Waals surface area contributed by atoms with Crippen LogP contribution in [0.3, 0.4) is 0 Å². The molecule has 0 saturated carbocycles. The van der Waals surface area contributed by atoms with Gasteiger partial charge in [0, 0.05) is 13.8 Å². The van der Waals surface area contributed by atoms with Gasteiger partial charge in [-0.15, -0.1) is 0 Å². The van der Waals surface area contributed by atoms with Crippen molar-refractivity contribution in [3.63, 3.8) is 0 Å². The third-order valence-electron chi connectivity index (χ3n) is 0. The van der Waals surface area contributed by atoms with Gasteiger partial charge in [0.2, 0.25) is 0 Å². The van der Waals surface area contributed by atoms with E-state index in [1.54, 1.807) is 0 Å². The highest BCUT2D eigenvalue weighted by atomic mass is 31.0. The smallest absolute Gasteiger partial charge is 0.300 e. The SMILES string of the molecule is CC(=O)O.CC(=O)O.P.P. The largest absolute Gasteiger partial charge is 0.481 e. The zero-order valence-electron chi connectivity index (χ0n) is 6.13. The fourth-order valence-electron chi connectivity index (χ4n) is 0. The number of carboxylic acids is 2. The highest BCUT2D eigenvalue weighted by Crippen LogP contribution is 1.42. The van der Waals surface area contributed by atoms with Crippen LogP contribution in [0.2, 0.25) is 0 Å². The van der Waals surface area contributed by atoms with Crippen molar-refractivity contribution >= 4 is 31.7 Å². The number of carbonyl (C=O) groups is 2. The minimum Gasteiger partial charge on any atom is -0.481 e. The van der Waals surface area contributed by atoms with E-state index in [1.807, 2.05) is 0 Å². The summed E-state index contributed by atoms with van der Waals surface area (Å²) >= 11 is 0. The van der Waals surface area contributed by atoms with Gasteiger partial charge in [0.05, 0.1) is 0 Å². The second-order valence-corrected chi connectivity index (χ2v) is 1.04. The monoisotopic (exact) mass is 188 g/mol. The first kappa shape index (κ1) is 22.6. The van der Waals surface area contributed by atoms with Crippen molar-refractivity contribution in [2.24, 2.45) is 0 Å². The van der Waals surface area contributed by atoms with Crippen LogP contribution in [-0.2, 0) is 9.59 Å². The zero-order valence-corrected chi connectivity index (χ0v) is 8.95. The van der Waals surface area contributed by atoms with Crippen LogP contribution in [-0.4, -0.2) is 22.2 Å². The first-order chi connectivity index (χ1) is 3.46. The molecule has 0 spiro atoms. The van der Waals surface area contributed by atoms with Crippen molar-refractivity contribution in [1.82, 2.24) is 0 Å². The maximum atomic E-state index is 9.00. The molecule has 0 saturated heterocycles. The van der Waals surface area contributed by atoms with Crippen molar-refractivity contribution in [3.05, 3.63) is 0 Å². The Balaban J connectivity index is -0.0000000300. The van der Waals surface area contributed by atoms with Crippen molar-refractivity contribution in [3.8, 4) is 0 Å². The van der Waals surface area contributed by atoms with Crippen molar-refractivity contribution in [1.29, 1.82) is 0 Å². The maximum absolute atomic E-state index is 9.00. The fourth-order valence-corrected chi connectivity index (χ4v) is 0. The third-order valence-corrected chi connectivity index (χ3v) is 0. The summed E-state index contributed by atoms with van der Waals surface area (Å²) in [6.45, 7) is 2.17. The Bertz CT molecular complexity index is 73.3. The molecule has 0 aliphatic carbocycles. The highest BCUT2D eigenvalue weighted by molar-refractivity contribution is 6.92. The molecule has 0 heterocycles. The molecule has 10 heavy (non-hydrogen) atoms. The summed E-state index contributed by atoms with van der Waals surface area (Å²) in [5.41, 5.74) is 0. The van der Waals surface area contributed by atoms with E-state index in [1.165, 1.54) is 0 Å². The van der Waals surface area contributed by atoms with Crippen LogP contribution in [0.4, 0.5) is 0 Å². The first-order valence-electron chi connectivity index (χ1n) is 1.86. The molecular weight excluding hydrogens is 174 g/mol. The standard InChI is InChI=1S/2C2H4O2.2H3P/c2*1-2(3)4;;/h2*1H3,(H,3,4);2*1H3. The molecule has 0 fully saturated rings. The Kier molecular flexibility index (Phi) is 35.9. The van der Waals surface area contributed by atoms with E-state index in [0.717, 1.165) is 13.8 Å². The lowest BCUT2D eigenvalue weighted by atomic mass is 10.9. The quantitative estimate of drug-likeness (QED) is 0.536. The second kappa shape index (κ2) is 15.9. The number of hydrogen-bond acceptors (Lipinski definition) is 2. The number of rotatable bonds is 0. The van der Waals surface area contributed by atoms with Gasteiger partial charge in [-0.2, -0.15) is 19.8 Å². The van der Waals surface area contributed by atoms with Crippen LogP contribution in [0.1, 0.15) is 13.8 Å². The van der Waals surface area contributed by atoms with Gasteiger partial charge in [0.1, 0.15) is 0 Å². The summed E-state index contributed by atoms with van der Waals surface area (Å²) in [5.74, 6) is -1.67. The predicted molar refractivity (Wildman–Crippen MR) is 48.8 cm³/mol. The van der Waals surface area contributed by atoms with Gasteiger partial charge in [-0.05, 0) is 0 Å². The Morgan fingerprint density at radius 3 is 0.900 bits per heavy atom. The molecule has 2 unspecified atom stereocenters. The van der Waals surface area contributed by atoms with Gasteiger partial charge in [0.15, 0.2) is 0 Å². The minimum absolute atomic E-state index is 0. The molecule has 0 rings (SSSR count). The fraction of sp³-hybridized carbons (Fsp3) is 0.500. The highest BCUT2D eigenvalue weighted by Gasteiger charge is 1.65. The zero-order chi connectivity index (χ0) is 7.15. The minimum atomic E-state index is -0.833. The molecule has 6 heteroatoms. The molecule has 0 aliphatic heterocycles. The molecule has 64 valence electrons. The molecule has 4 nitrogen and oxygen atoms in total. The van der Waals surface area contributed by atoms with E-state index in [0.29, 0.717) is 0 Å². The van der Waals surface area contributed by atoms with Crippen molar-refractivity contribution in [2.45, 2.75) is 13.8 Å². The average Bonchev–Trinajstić information content (AvgIpc) is 1.25. The van der Waals surface area contributed by atoms with E-state index in [-0.39, 0.29) is 19.8 Å². The molecule has 0 radical (unpaired) electrons. The molecule has 0 aromatic rings. The summed E-state index contributed by atoms with van der Waals surface area (Å²) < 4.78 is 0.